The van der Waals surface area contributed by atoms with E-state index in [1.54, 1.807) is 0 Å². The number of nitrogens with zero attached hydrogens (tertiary/aromatic N) is 1. The van der Waals surface area contributed by atoms with Gasteiger partial charge in [-0.1, -0.05) is 27.5 Å². The van der Waals surface area contributed by atoms with Crippen molar-refractivity contribution in [1.82, 2.24) is 4.98 Å². The van der Waals surface area contributed by atoms with E-state index in [9.17, 15) is 17.2 Å². The van der Waals surface area contributed by atoms with Crippen molar-refractivity contribution in [1.29, 1.82) is 0 Å². The summed E-state index contributed by atoms with van der Waals surface area (Å²) < 4.78 is 53.2. The number of aromatic nitrogens is 1. The fourth-order valence-electron chi connectivity index (χ4n) is 1.38. The summed E-state index contributed by atoms with van der Waals surface area (Å²) in [5, 5.41) is -0.0513. The Bertz CT molecular complexity index is 748. The van der Waals surface area contributed by atoms with E-state index in [-0.39, 0.29) is 14.5 Å². The molecule has 0 bridgehead atoms. The van der Waals surface area contributed by atoms with Crippen LogP contribution in [0.2, 0.25) is 5.15 Å². The molecule has 2 rings (SSSR count). The Morgan fingerprint density at radius 3 is 2.35 bits per heavy atom. The molecule has 1 N–H and O–H groups in total. The molecule has 0 aliphatic carbocycles. The van der Waals surface area contributed by atoms with Gasteiger partial charge in [0.2, 0.25) is 0 Å². The van der Waals surface area contributed by atoms with Crippen LogP contribution in [0.15, 0.2) is 39.8 Å². The number of pyridine rings is 1. The van der Waals surface area contributed by atoms with Gasteiger partial charge in [-0.25, -0.2) is 22.2 Å². The summed E-state index contributed by atoms with van der Waals surface area (Å²) in [6.45, 7) is 0. The zero-order chi connectivity index (χ0) is 14.9. The molecular formula is C11H6BrClF2N2O2S. The highest BCUT2D eigenvalue weighted by Crippen LogP contribution is 2.26. The maximum absolute atomic E-state index is 13.6. The predicted octanol–water partition coefficient (Wildman–Crippen LogP) is 3.58. The van der Waals surface area contributed by atoms with Crippen molar-refractivity contribution in [2.24, 2.45) is 0 Å². The molecule has 0 saturated carbocycles. The van der Waals surface area contributed by atoms with Crippen molar-refractivity contribution >= 4 is 43.2 Å². The van der Waals surface area contributed by atoms with Gasteiger partial charge in [0.1, 0.15) is 10.8 Å². The first-order valence-electron chi connectivity index (χ1n) is 5.08. The Hall–Kier alpha value is -1.25. The summed E-state index contributed by atoms with van der Waals surface area (Å²) in [5.74, 6) is -2.08. The van der Waals surface area contributed by atoms with E-state index in [2.05, 4.69) is 20.9 Å². The Morgan fingerprint density at radius 1 is 1.20 bits per heavy atom. The van der Waals surface area contributed by atoms with E-state index in [1.165, 1.54) is 6.20 Å². The lowest BCUT2D eigenvalue weighted by Gasteiger charge is -2.10. The molecule has 0 saturated heterocycles. The van der Waals surface area contributed by atoms with Gasteiger partial charge in [0.05, 0.1) is 4.90 Å². The lowest BCUT2D eigenvalue weighted by Crippen LogP contribution is -2.15. The van der Waals surface area contributed by atoms with Gasteiger partial charge >= 0.3 is 0 Å². The van der Waals surface area contributed by atoms with Crippen LogP contribution in [0.1, 0.15) is 0 Å². The third-order valence-corrected chi connectivity index (χ3v) is 4.26. The molecule has 2 aromatic rings. The summed E-state index contributed by atoms with van der Waals surface area (Å²) in [4.78, 5) is 3.38. The van der Waals surface area contributed by atoms with Gasteiger partial charge in [-0.15, -0.1) is 0 Å². The molecule has 1 aromatic heterocycles. The van der Waals surface area contributed by atoms with Crippen LogP contribution in [0.25, 0.3) is 0 Å². The molecule has 20 heavy (non-hydrogen) atoms. The van der Waals surface area contributed by atoms with Crippen molar-refractivity contribution in [2.45, 2.75) is 4.90 Å². The number of sulfonamides is 1. The summed E-state index contributed by atoms with van der Waals surface area (Å²) in [6, 6.07) is 4.11. The van der Waals surface area contributed by atoms with Gasteiger partial charge in [-0.3, -0.25) is 4.72 Å². The lowest BCUT2D eigenvalue weighted by atomic mass is 10.3. The van der Waals surface area contributed by atoms with Crippen molar-refractivity contribution in [3.05, 3.63) is 51.7 Å². The molecule has 0 radical (unpaired) electrons. The SMILES string of the molecule is O=S(=O)(Nc1c(F)cc(Br)cc1F)c1ccnc(Cl)c1. The van der Waals surface area contributed by atoms with Crippen LogP contribution in [-0.4, -0.2) is 13.4 Å². The summed E-state index contributed by atoms with van der Waals surface area (Å²) >= 11 is 8.48. The minimum atomic E-state index is -4.16. The van der Waals surface area contributed by atoms with E-state index in [0.717, 1.165) is 24.3 Å². The second-order valence-corrected chi connectivity index (χ2v) is 6.65. The maximum atomic E-state index is 13.6. The second-order valence-electron chi connectivity index (χ2n) is 3.66. The lowest BCUT2D eigenvalue weighted by molar-refractivity contribution is 0.582. The van der Waals surface area contributed by atoms with Gasteiger partial charge in [-0.2, -0.15) is 0 Å². The second kappa shape index (κ2) is 5.63. The molecule has 9 heteroatoms. The molecule has 0 aliphatic rings. The minimum Gasteiger partial charge on any atom is -0.274 e. The third kappa shape index (κ3) is 3.25. The highest BCUT2D eigenvalue weighted by Gasteiger charge is 2.20. The van der Waals surface area contributed by atoms with E-state index in [0.29, 0.717) is 0 Å². The molecule has 0 amide bonds. The van der Waals surface area contributed by atoms with Gasteiger partial charge in [0.15, 0.2) is 11.6 Å². The highest BCUT2D eigenvalue weighted by atomic mass is 79.9. The fourth-order valence-corrected chi connectivity index (χ4v) is 3.11. The molecule has 0 spiro atoms. The first-order valence-corrected chi connectivity index (χ1v) is 7.74. The van der Waals surface area contributed by atoms with E-state index in [4.69, 9.17) is 11.6 Å². The molecule has 106 valence electrons. The number of hydrogen-bond donors (Lipinski definition) is 1. The molecule has 1 heterocycles. The summed E-state index contributed by atoms with van der Waals surface area (Å²) in [5.41, 5.74) is -0.763. The number of rotatable bonds is 3. The average Bonchev–Trinajstić information content (AvgIpc) is 2.34. The normalized spacial score (nSPS) is 11.4. The third-order valence-electron chi connectivity index (χ3n) is 2.25. The van der Waals surface area contributed by atoms with Crippen LogP contribution in [0.4, 0.5) is 14.5 Å². The average molecular weight is 384 g/mol. The number of benzene rings is 1. The Labute approximate surface area is 127 Å². The highest BCUT2D eigenvalue weighted by molar-refractivity contribution is 9.10. The van der Waals surface area contributed by atoms with Gasteiger partial charge < -0.3 is 0 Å². The van der Waals surface area contributed by atoms with E-state index < -0.39 is 27.3 Å². The van der Waals surface area contributed by atoms with Gasteiger partial charge in [-0.05, 0) is 24.3 Å². The molecule has 4 nitrogen and oxygen atoms in total. The largest absolute Gasteiger partial charge is 0.274 e. The van der Waals surface area contributed by atoms with Crippen LogP contribution in [0, 0.1) is 11.6 Å². The topological polar surface area (TPSA) is 59.1 Å². The van der Waals surface area contributed by atoms with Crippen LogP contribution in [0.5, 0.6) is 0 Å². The smallest absolute Gasteiger partial charge is 0.262 e. The summed E-state index contributed by atoms with van der Waals surface area (Å²) in [7, 11) is -4.16. The van der Waals surface area contributed by atoms with Crippen LogP contribution >= 0.6 is 27.5 Å². The predicted molar refractivity (Wildman–Crippen MR) is 74.1 cm³/mol. The Morgan fingerprint density at radius 2 is 1.80 bits per heavy atom. The fraction of sp³-hybridized carbons (Fsp3) is 0. The maximum Gasteiger partial charge on any atom is 0.262 e. The Kier molecular flexibility index (Phi) is 4.26. The monoisotopic (exact) mass is 382 g/mol. The number of halogens is 4. The zero-order valence-corrected chi connectivity index (χ0v) is 12.7. The first-order chi connectivity index (χ1) is 9.29. The standard InChI is InChI=1S/C11H6BrClF2N2O2S/c12-6-3-8(14)11(9(15)4-6)17-20(18,19)7-1-2-16-10(13)5-7/h1-5,17H. The molecule has 0 fully saturated rings. The quantitative estimate of drug-likeness (QED) is 0.824. The molecule has 0 unspecified atom stereocenters. The number of anilines is 1. The zero-order valence-electron chi connectivity index (χ0n) is 9.57. The molecule has 0 atom stereocenters. The van der Waals surface area contributed by atoms with Crippen molar-refractivity contribution < 1.29 is 17.2 Å². The van der Waals surface area contributed by atoms with E-state index >= 15 is 0 Å². The minimum absolute atomic E-state index is 0.0513. The van der Waals surface area contributed by atoms with Crippen LogP contribution in [-0.2, 0) is 10.0 Å². The number of nitrogens with one attached hydrogen (secondary N) is 1. The Balaban J connectivity index is 2.44. The molecular weight excluding hydrogens is 378 g/mol. The number of hydrogen-bond acceptors (Lipinski definition) is 3. The summed E-state index contributed by atoms with van der Waals surface area (Å²) in [6.07, 6.45) is 1.17. The van der Waals surface area contributed by atoms with Gasteiger partial charge in [0, 0.05) is 10.7 Å². The van der Waals surface area contributed by atoms with Crippen molar-refractivity contribution in [3.8, 4) is 0 Å². The van der Waals surface area contributed by atoms with Gasteiger partial charge in [0.25, 0.3) is 10.0 Å². The molecule has 1 aromatic carbocycles. The van der Waals surface area contributed by atoms with Crippen LogP contribution < -0.4 is 4.72 Å². The van der Waals surface area contributed by atoms with Crippen LogP contribution in [0.3, 0.4) is 0 Å². The van der Waals surface area contributed by atoms with Crippen molar-refractivity contribution in [2.75, 3.05) is 4.72 Å². The first kappa shape index (κ1) is 15.1. The molecule has 0 aliphatic heterocycles. The van der Waals surface area contributed by atoms with E-state index in [1.807, 2.05) is 4.72 Å². The van der Waals surface area contributed by atoms with Crippen molar-refractivity contribution in [3.63, 3.8) is 0 Å².